The van der Waals surface area contributed by atoms with Crippen molar-refractivity contribution in [1.29, 1.82) is 0 Å². The fourth-order valence-corrected chi connectivity index (χ4v) is 2.07. The summed E-state index contributed by atoms with van der Waals surface area (Å²) in [6.45, 7) is 0.134. The highest BCUT2D eigenvalue weighted by molar-refractivity contribution is 9.10. The van der Waals surface area contributed by atoms with Crippen molar-refractivity contribution < 1.29 is 22.6 Å². The van der Waals surface area contributed by atoms with E-state index in [-0.39, 0.29) is 16.8 Å². The van der Waals surface area contributed by atoms with Crippen molar-refractivity contribution in [3.63, 3.8) is 0 Å². The minimum absolute atomic E-state index is 0.134. The zero-order chi connectivity index (χ0) is 15.6. The first kappa shape index (κ1) is 16.0. The highest BCUT2D eigenvalue weighted by Gasteiger charge is 2.32. The van der Waals surface area contributed by atoms with Crippen molar-refractivity contribution in [1.82, 2.24) is 9.55 Å². The Balaban J connectivity index is 2.05. The van der Waals surface area contributed by atoms with Gasteiger partial charge >= 0.3 is 6.36 Å². The van der Waals surface area contributed by atoms with Crippen molar-refractivity contribution >= 4 is 27.5 Å². The molecule has 9 heteroatoms. The molecule has 0 bridgehead atoms. The predicted octanol–water partition coefficient (Wildman–Crippen LogP) is 4.31. The van der Waals surface area contributed by atoms with Gasteiger partial charge < -0.3 is 14.0 Å². The molecule has 0 aliphatic heterocycles. The van der Waals surface area contributed by atoms with Crippen molar-refractivity contribution in [3.8, 4) is 11.5 Å². The maximum absolute atomic E-state index is 12.1. The molecule has 2 rings (SSSR count). The summed E-state index contributed by atoms with van der Waals surface area (Å²) in [4.78, 5) is 4.04. The third-order valence-electron chi connectivity index (χ3n) is 2.52. The van der Waals surface area contributed by atoms with Gasteiger partial charge in [-0.2, -0.15) is 0 Å². The lowest BCUT2D eigenvalue weighted by molar-refractivity contribution is -0.274. The topological polar surface area (TPSA) is 36.3 Å². The fraction of sp³-hybridized carbons (Fsp3) is 0.250. The van der Waals surface area contributed by atoms with Gasteiger partial charge in [0.25, 0.3) is 0 Å². The van der Waals surface area contributed by atoms with Crippen LogP contribution in [0.5, 0.6) is 11.5 Å². The molecule has 0 atom stereocenters. The van der Waals surface area contributed by atoms with Crippen LogP contribution in [-0.4, -0.2) is 15.9 Å². The summed E-state index contributed by atoms with van der Waals surface area (Å²) in [6, 6.07) is 3.92. The van der Waals surface area contributed by atoms with Crippen LogP contribution in [0, 0.1) is 0 Å². The number of ether oxygens (including phenoxy) is 2. The summed E-state index contributed by atoms with van der Waals surface area (Å²) in [5, 5.41) is 0.462. The Kier molecular flexibility index (Phi) is 4.67. The van der Waals surface area contributed by atoms with Gasteiger partial charge in [-0.15, -0.1) is 13.2 Å². The van der Waals surface area contributed by atoms with Crippen LogP contribution in [0.3, 0.4) is 0 Å². The zero-order valence-electron chi connectivity index (χ0n) is 10.6. The molecule has 0 N–H and O–H groups in total. The van der Waals surface area contributed by atoms with Crippen LogP contribution in [0.4, 0.5) is 13.2 Å². The Morgan fingerprint density at radius 3 is 2.62 bits per heavy atom. The zero-order valence-corrected chi connectivity index (χ0v) is 13.0. The van der Waals surface area contributed by atoms with E-state index in [0.29, 0.717) is 16.7 Å². The Morgan fingerprint density at radius 2 is 2.10 bits per heavy atom. The molecule has 2 aromatic rings. The SMILES string of the molecule is Cn1c(Cl)cnc1COc1ccc(OC(F)(F)F)c(Br)c1. The van der Waals surface area contributed by atoms with Crippen LogP contribution < -0.4 is 9.47 Å². The summed E-state index contributed by atoms with van der Waals surface area (Å²) < 4.78 is 47.5. The molecule has 0 saturated heterocycles. The van der Waals surface area contributed by atoms with E-state index < -0.39 is 6.36 Å². The summed E-state index contributed by atoms with van der Waals surface area (Å²) in [7, 11) is 1.73. The molecule has 0 aliphatic rings. The predicted molar refractivity (Wildman–Crippen MR) is 73.4 cm³/mol. The van der Waals surface area contributed by atoms with Crippen LogP contribution in [0.1, 0.15) is 5.82 Å². The van der Waals surface area contributed by atoms with Gasteiger partial charge in [0.1, 0.15) is 29.1 Å². The molecule has 4 nitrogen and oxygen atoms in total. The third-order valence-corrected chi connectivity index (χ3v) is 3.50. The van der Waals surface area contributed by atoms with Gasteiger partial charge in [-0.1, -0.05) is 11.6 Å². The van der Waals surface area contributed by atoms with Gasteiger partial charge in [-0.3, -0.25) is 0 Å². The second-order valence-electron chi connectivity index (χ2n) is 3.98. The Morgan fingerprint density at radius 1 is 1.38 bits per heavy atom. The van der Waals surface area contributed by atoms with Crippen molar-refractivity contribution in [2.75, 3.05) is 0 Å². The van der Waals surface area contributed by atoms with E-state index in [1.807, 2.05) is 0 Å². The molecule has 0 amide bonds. The van der Waals surface area contributed by atoms with Crippen LogP contribution in [0.15, 0.2) is 28.9 Å². The summed E-state index contributed by atoms with van der Waals surface area (Å²) >= 11 is 8.83. The van der Waals surface area contributed by atoms with E-state index in [0.717, 1.165) is 6.07 Å². The molecule has 1 heterocycles. The van der Waals surface area contributed by atoms with Gasteiger partial charge in [0, 0.05) is 7.05 Å². The second-order valence-corrected chi connectivity index (χ2v) is 5.23. The lowest BCUT2D eigenvalue weighted by Crippen LogP contribution is -2.17. The number of halogens is 5. The summed E-state index contributed by atoms with van der Waals surface area (Å²) in [5.74, 6) is 0.622. The maximum Gasteiger partial charge on any atom is 0.573 e. The Bertz CT molecular complexity index is 646. The van der Waals surface area contributed by atoms with Crippen LogP contribution >= 0.6 is 27.5 Å². The molecule has 114 valence electrons. The highest BCUT2D eigenvalue weighted by atomic mass is 79.9. The molecular formula is C12H9BrClF3N2O2. The van der Waals surface area contributed by atoms with Crippen molar-refractivity contribution in [2.24, 2.45) is 7.05 Å². The number of rotatable bonds is 4. The van der Waals surface area contributed by atoms with Gasteiger partial charge in [0.2, 0.25) is 0 Å². The van der Waals surface area contributed by atoms with E-state index in [9.17, 15) is 13.2 Å². The number of imidazole rings is 1. The van der Waals surface area contributed by atoms with Gasteiger partial charge in [-0.25, -0.2) is 4.98 Å². The molecule has 0 aliphatic carbocycles. The number of alkyl halides is 3. The molecule has 0 radical (unpaired) electrons. The summed E-state index contributed by atoms with van der Waals surface area (Å²) in [6.07, 6.45) is -3.26. The highest BCUT2D eigenvalue weighted by Crippen LogP contribution is 2.33. The first-order chi connectivity index (χ1) is 9.76. The van der Waals surface area contributed by atoms with E-state index in [1.165, 1.54) is 18.3 Å². The first-order valence-electron chi connectivity index (χ1n) is 5.60. The smallest absolute Gasteiger partial charge is 0.486 e. The quantitative estimate of drug-likeness (QED) is 0.787. The Labute approximate surface area is 131 Å². The number of benzene rings is 1. The minimum Gasteiger partial charge on any atom is -0.486 e. The van der Waals surface area contributed by atoms with Crippen LogP contribution in [0.25, 0.3) is 0 Å². The number of aromatic nitrogens is 2. The van der Waals surface area contributed by atoms with E-state index in [1.54, 1.807) is 11.6 Å². The van der Waals surface area contributed by atoms with E-state index >= 15 is 0 Å². The van der Waals surface area contributed by atoms with Crippen LogP contribution in [0.2, 0.25) is 5.15 Å². The lowest BCUT2D eigenvalue weighted by atomic mass is 10.3. The number of hydrogen-bond acceptors (Lipinski definition) is 3. The fourth-order valence-electron chi connectivity index (χ4n) is 1.49. The summed E-state index contributed by atoms with van der Waals surface area (Å²) in [5.41, 5.74) is 0. The molecule has 0 spiro atoms. The third kappa shape index (κ3) is 4.28. The van der Waals surface area contributed by atoms with E-state index in [2.05, 4.69) is 25.7 Å². The average molecular weight is 386 g/mol. The molecule has 1 aromatic carbocycles. The van der Waals surface area contributed by atoms with Crippen LogP contribution in [-0.2, 0) is 13.7 Å². The second kappa shape index (κ2) is 6.15. The Hall–Kier alpha value is -1.41. The van der Waals surface area contributed by atoms with Gasteiger partial charge in [-0.05, 0) is 34.1 Å². The van der Waals surface area contributed by atoms with Crippen molar-refractivity contribution in [3.05, 3.63) is 39.8 Å². The minimum atomic E-state index is -4.74. The number of nitrogens with zero attached hydrogens (tertiary/aromatic N) is 2. The molecule has 21 heavy (non-hydrogen) atoms. The largest absolute Gasteiger partial charge is 0.573 e. The maximum atomic E-state index is 12.1. The van der Waals surface area contributed by atoms with Gasteiger partial charge in [0.15, 0.2) is 0 Å². The van der Waals surface area contributed by atoms with Crippen molar-refractivity contribution in [2.45, 2.75) is 13.0 Å². The van der Waals surface area contributed by atoms with Gasteiger partial charge in [0.05, 0.1) is 10.7 Å². The first-order valence-corrected chi connectivity index (χ1v) is 6.77. The lowest BCUT2D eigenvalue weighted by Gasteiger charge is -2.12. The molecule has 1 aromatic heterocycles. The molecule has 0 unspecified atom stereocenters. The standard InChI is InChI=1S/C12H9BrClF3N2O2/c1-19-10(14)5-18-11(19)6-20-7-2-3-9(8(13)4-7)21-12(15,16)17/h2-5H,6H2,1H3. The monoisotopic (exact) mass is 384 g/mol. The molecule has 0 fully saturated rings. The van der Waals surface area contributed by atoms with E-state index in [4.69, 9.17) is 16.3 Å². The normalized spacial score (nSPS) is 11.5. The number of hydrogen-bond donors (Lipinski definition) is 0. The average Bonchev–Trinajstić information content (AvgIpc) is 2.69. The molecule has 0 saturated carbocycles. The molecular weight excluding hydrogens is 376 g/mol.